The van der Waals surface area contributed by atoms with Crippen LogP contribution in [0.25, 0.3) is 0 Å². The molecule has 1 saturated heterocycles. The van der Waals surface area contributed by atoms with E-state index in [1.807, 2.05) is 19.4 Å². The van der Waals surface area contributed by atoms with Gasteiger partial charge in [-0.25, -0.2) is 4.39 Å². The highest BCUT2D eigenvalue weighted by Crippen LogP contribution is 2.34. The fourth-order valence-electron chi connectivity index (χ4n) is 3.89. The highest BCUT2D eigenvalue weighted by atomic mass is 19.1. The molecular formula is C20H25FN4O. The van der Waals surface area contributed by atoms with Gasteiger partial charge in [0.1, 0.15) is 5.82 Å². The molecule has 1 aromatic heterocycles. The molecule has 2 atom stereocenters. The number of aryl methyl sites for hydroxylation is 1. The topological polar surface area (TPSA) is 50.2 Å². The molecule has 138 valence electrons. The fraction of sp³-hybridized carbons (Fsp3) is 0.500. The van der Waals surface area contributed by atoms with Gasteiger partial charge in [-0.15, -0.1) is 0 Å². The molecule has 0 spiro atoms. The molecule has 2 fully saturated rings. The third kappa shape index (κ3) is 3.65. The number of benzene rings is 1. The van der Waals surface area contributed by atoms with Crippen molar-refractivity contribution >= 4 is 5.91 Å². The summed E-state index contributed by atoms with van der Waals surface area (Å²) in [6.45, 7) is 2.24. The van der Waals surface area contributed by atoms with Gasteiger partial charge in [0.05, 0.1) is 12.1 Å². The van der Waals surface area contributed by atoms with Gasteiger partial charge in [-0.3, -0.25) is 9.48 Å². The highest BCUT2D eigenvalue weighted by molar-refractivity contribution is 5.81. The number of amides is 1. The Balaban J connectivity index is 1.45. The van der Waals surface area contributed by atoms with Crippen LogP contribution in [0.3, 0.4) is 0 Å². The molecule has 26 heavy (non-hydrogen) atoms. The number of hydrogen-bond acceptors (Lipinski definition) is 3. The largest absolute Gasteiger partial charge is 0.339 e. The Kier molecular flexibility index (Phi) is 4.76. The molecule has 0 unspecified atom stereocenters. The van der Waals surface area contributed by atoms with E-state index < -0.39 is 0 Å². The second-order valence-electron chi connectivity index (χ2n) is 7.46. The monoisotopic (exact) mass is 356 g/mol. The molecule has 1 amide bonds. The zero-order valence-corrected chi connectivity index (χ0v) is 15.1. The molecule has 0 radical (unpaired) electrons. The lowest BCUT2D eigenvalue weighted by Gasteiger charge is -2.28. The van der Waals surface area contributed by atoms with Crippen molar-refractivity contribution in [3.8, 4) is 0 Å². The summed E-state index contributed by atoms with van der Waals surface area (Å²) in [6, 6.07) is 6.95. The van der Waals surface area contributed by atoms with Gasteiger partial charge in [0.15, 0.2) is 0 Å². The summed E-state index contributed by atoms with van der Waals surface area (Å²) in [6.07, 6.45) is 6.83. The standard InChI is InChI=1S/C20H25FN4O/c1-24-13-15(10-23-24)18-11-22-12-19(18)20(26)25(17-6-7-17)9-8-14-2-4-16(21)5-3-14/h2-5,10,13,17-19,22H,6-9,11-12H2,1H3/t18-,19+/m1/s1. The second kappa shape index (κ2) is 7.19. The summed E-state index contributed by atoms with van der Waals surface area (Å²) in [5, 5.41) is 7.64. The van der Waals surface area contributed by atoms with Crippen LogP contribution in [0.4, 0.5) is 4.39 Å². The maximum atomic E-state index is 13.3. The first-order valence-electron chi connectivity index (χ1n) is 9.36. The minimum Gasteiger partial charge on any atom is -0.339 e. The maximum Gasteiger partial charge on any atom is 0.227 e. The van der Waals surface area contributed by atoms with Crippen LogP contribution in [0.2, 0.25) is 0 Å². The lowest BCUT2D eigenvalue weighted by atomic mass is 9.89. The molecule has 1 aliphatic carbocycles. The number of hydrogen-bond donors (Lipinski definition) is 1. The number of nitrogens with zero attached hydrogens (tertiary/aromatic N) is 3. The van der Waals surface area contributed by atoms with E-state index in [0.29, 0.717) is 12.6 Å². The number of halogens is 1. The van der Waals surface area contributed by atoms with Crippen molar-refractivity contribution in [1.29, 1.82) is 0 Å². The molecule has 1 N–H and O–H groups in total. The van der Waals surface area contributed by atoms with E-state index in [4.69, 9.17) is 0 Å². The fourth-order valence-corrected chi connectivity index (χ4v) is 3.89. The van der Waals surface area contributed by atoms with Crippen molar-refractivity contribution < 1.29 is 9.18 Å². The van der Waals surface area contributed by atoms with Crippen LogP contribution in [0.1, 0.15) is 29.9 Å². The van der Waals surface area contributed by atoms with E-state index in [-0.39, 0.29) is 23.6 Å². The van der Waals surface area contributed by atoms with E-state index in [0.717, 1.165) is 43.5 Å². The molecule has 2 aromatic rings. The highest BCUT2D eigenvalue weighted by Gasteiger charge is 2.41. The van der Waals surface area contributed by atoms with Crippen molar-refractivity contribution in [2.45, 2.75) is 31.2 Å². The van der Waals surface area contributed by atoms with Crippen LogP contribution in [-0.2, 0) is 18.3 Å². The lowest BCUT2D eigenvalue weighted by Crippen LogP contribution is -2.41. The average molecular weight is 356 g/mol. The Morgan fingerprint density at radius 1 is 1.31 bits per heavy atom. The van der Waals surface area contributed by atoms with Crippen LogP contribution in [0.15, 0.2) is 36.7 Å². The van der Waals surface area contributed by atoms with Gasteiger partial charge in [-0.1, -0.05) is 12.1 Å². The van der Waals surface area contributed by atoms with Crippen molar-refractivity contribution in [2.75, 3.05) is 19.6 Å². The minimum absolute atomic E-state index is 0.0342. The van der Waals surface area contributed by atoms with Crippen LogP contribution >= 0.6 is 0 Å². The predicted octanol–water partition coefficient (Wildman–Crippen LogP) is 2.10. The summed E-state index contributed by atoms with van der Waals surface area (Å²) in [5.74, 6) is 0.171. The van der Waals surface area contributed by atoms with Crippen molar-refractivity contribution in [3.05, 3.63) is 53.6 Å². The normalized spacial score (nSPS) is 22.5. The summed E-state index contributed by atoms with van der Waals surface area (Å²) in [4.78, 5) is 15.4. The molecule has 0 bridgehead atoms. The number of aromatic nitrogens is 2. The lowest BCUT2D eigenvalue weighted by molar-refractivity contribution is -0.136. The average Bonchev–Trinajstić information content (AvgIpc) is 3.18. The molecular weight excluding hydrogens is 331 g/mol. The SMILES string of the molecule is Cn1cc([C@H]2CNC[C@@H]2C(=O)N(CCc2ccc(F)cc2)C2CC2)cn1. The minimum atomic E-state index is -0.222. The molecule has 2 aliphatic rings. The van der Waals surface area contributed by atoms with Crippen LogP contribution in [-0.4, -0.2) is 46.3 Å². The summed E-state index contributed by atoms with van der Waals surface area (Å²) >= 11 is 0. The molecule has 1 aliphatic heterocycles. The summed E-state index contributed by atoms with van der Waals surface area (Å²) < 4.78 is 14.9. The van der Waals surface area contributed by atoms with Gasteiger partial charge >= 0.3 is 0 Å². The first kappa shape index (κ1) is 17.2. The Labute approximate surface area is 153 Å². The number of nitrogens with one attached hydrogen (secondary N) is 1. The van der Waals surface area contributed by atoms with E-state index in [9.17, 15) is 9.18 Å². The quantitative estimate of drug-likeness (QED) is 0.862. The molecule has 6 heteroatoms. The van der Waals surface area contributed by atoms with E-state index in [1.54, 1.807) is 16.8 Å². The van der Waals surface area contributed by atoms with Crippen molar-refractivity contribution in [1.82, 2.24) is 20.0 Å². The summed E-state index contributed by atoms with van der Waals surface area (Å²) in [7, 11) is 1.90. The van der Waals surface area contributed by atoms with Crippen molar-refractivity contribution in [3.63, 3.8) is 0 Å². The Hall–Kier alpha value is -2.21. The molecule has 5 nitrogen and oxygen atoms in total. The summed E-state index contributed by atoms with van der Waals surface area (Å²) in [5.41, 5.74) is 2.20. The Bertz CT molecular complexity index is 768. The Morgan fingerprint density at radius 2 is 2.08 bits per heavy atom. The van der Waals surface area contributed by atoms with Gasteiger partial charge in [0.25, 0.3) is 0 Å². The third-order valence-electron chi connectivity index (χ3n) is 5.51. The molecule has 4 rings (SSSR count). The number of carbonyl (C=O) groups is 1. The van der Waals surface area contributed by atoms with Crippen LogP contribution in [0, 0.1) is 11.7 Å². The zero-order valence-electron chi connectivity index (χ0n) is 15.1. The van der Waals surface area contributed by atoms with Gasteiger partial charge < -0.3 is 10.2 Å². The second-order valence-corrected chi connectivity index (χ2v) is 7.46. The molecule has 1 aromatic carbocycles. The Morgan fingerprint density at radius 3 is 2.73 bits per heavy atom. The van der Waals surface area contributed by atoms with Gasteiger partial charge in [0, 0.05) is 44.8 Å². The maximum absolute atomic E-state index is 13.3. The van der Waals surface area contributed by atoms with Crippen LogP contribution < -0.4 is 5.32 Å². The van der Waals surface area contributed by atoms with E-state index in [2.05, 4.69) is 15.3 Å². The molecule has 1 saturated carbocycles. The van der Waals surface area contributed by atoms with Crippen LogP contribution in [0.5, 0.6) is 0 Å². The smallest absolute Gasteiger partial charge is 0.227 e. The van der Waals surface area contributed by atoms with Gasteiger partial charge in [-0.2, -0.15) is 5.10 Å². The van der Waals surface area contributed by atoms with Crippen molar-refractivity contribution in [2.24, 2.45) is 13.0 Å². The zero-order chi connectivity index (χ0) is 18.1. The molecule has 2 heterocycles. The first-order valence-corrected chi connectivity index (χ1v) is 9.36. The van der Waals surface area contributed by atoms with E-state index >= 15 is 0 Å². The van der Waals surface area contributed by atoms with Gasteiger partial charge in [0.2, 0.25) is 5.91 Å². The predicted molar refractivity (Wildman–Crippen MR) is 97.1 cm³/mol. The van der Waals surface area contributed by atoms with E-state index in [1.165, 1.54) is 12.1 Å². The third-order valence-corrected chi connectivity index (χ3v) is 5.51. The number of carbonyl (C=O) groups excluding carboxylic acids is 1. The van der Waals surface area contributed by atoms with Gasteiger partial charge in [-0.05, 0) is 42.5 Å². The first-order chi connectivity index (χ1) is 12.6. The number of rotatable bonds is 6.